The largest absolute Gasteiger partial charge is 0.465 e. The minimum atomic E-state index is -1.13. The summed E-state index contributed by atoms with van der Waals surface area (Å²) in [5, 5.41) is 25.5. The van der Waals surface area contributed by atoms with Gasteiger partial charge in [-0.1, -0.05) is 54.6 Å². The molecule has 2 saturated carbocycles. The van der Waals surface area contributed by atoms with Crippen molar-refractivity contribution in [3.63, 3.8) is 0 Å². The third-order valence-corrected chi connectivity index (χ3v) is 9.28. The number of rotatable bonds is 9. The second-order valence-corrected chi connectivity index (χ2v) is 13.4. The summed E-state index contributed by atoms with van der Waals surface area (Å²) in [4.78, 5) is 43.6. The van der Waals surface area contributed by atoms with Crippen LogP contribution in [0, 0.1) is 5.92 Å². The molecule has 0 atom stereocenters. The second-order valence-electron chi connectivity index (χ2n) is 13.4. The fraction of sp³-hybridized carbons (Fsp3) is 0.444. The van der Waals surface area contributed by atoms with Crippen LogP contribution in [0.25, 0.3) is 22.4 Å². The minimum Gasteiger partial charge on any atom is -0.465 e. The number of hydrogen-bond donors (Lipinski definition) is 4. The van der Waals surface area contributed by atoms with E-state index in [9.17, 15) is 24.6 Å². The summed E-state index contributed by atoms with van der Waals surface area (Å²) in [6.45, 7) is 7.44. The molecular formula is C36H44N4O5. The molecular weight excluding hydrogens is 568 g/mol. The summed E-state index contributed by atoms with van der Waals surface area (Å²) < 4.78 is 0. The summed E-state index contributed by atoms with van der Waals surface area (Å²) in [6.07, 6.45) is 5.22. The monoisotopic (exact) mass is 612 g/mol. The zero-order chi connectivity index (χ0) is 32.4. The Bertz CT molecular complexity index is 1520. The van der Waals surface area contributed by atoms with Crippen LogP contribution >= 0.6 is 0 Å². The number of pyridine rings is 1. The first-order valence-corrected chi connectivity index (χ1v) is 15.8. The van der Waals surface area contributed by atoms with Gasteiger partial charge in [0.05, 0.1) is 28.7 Å². The Morgan fingerprint density at radius 2 is 1.62 bits per heavy atom. The van der Waals surface area contributed by atoms with E-state index in [4.69, 9.17) is 4.98 Å². The summed E-state index contributed by atoms with van der Waals surface area (Å²) in [7, 11) is 0. The highest BCUT2D eigenvalue weighted by atomic mass is 16.4. The molecule has 238 valence electrons. The van der Waals surface area contributed by atoms with Crippen LogP contribution in [0.3, 0.4) is 0 Å². The number of hydrogen-bond acceptors (Lipinski definition) is 5. The zero-order valence-corrected chi connectivity index (χ0v) is 26.5. The number of amides is 3. The van der Waals surface area contributed by atoms with Gasteiger partial charge in [-0.3, -0.25) is 14.6 Å². The van der Waals surface area contributed by atoms with E-state index in [1.807, 2.05) is 65.6 Å². The van der Waals surface area contributed by atoms with Crippen LogP contribution in [0.15, 0.2) is 66.9 Å². The Morgan fingerprint density at radius 3 is 2.18 bits per heavy atom. The Morgan fingerprint density at radius 1 is 0.978 bits per heavy atom. The Kier molecular flexibility index (Phi) is 9.30. The smallest absolute Gasteiger partial charge is 0.405 e. The molecule has 5 rings (SSSR count). The maximum Gasteiger partial charge on any atom is 0.405 e. The van der Waals surface area contributed by atoms with Gasteiger partial charge >= 0.3 is 6.09 Å². The molecule has 2 aliphatic rings. The van der Waals surface area contributed by atoms with Crippen molar-refractivity contribution in [2.45, 2.75) is 95.9 Å². The Balaban J connectivity index is 1.31. The first-order valence-electron chi connectivity index (χ1n) is 15.8. The van der Waals surface area contributed by atoms with E-state index >= 15 is 0 Å². The van der Waals surface area contributed by atoms with Crippen molar-refractivity contribution in [3.05, 3.63) is 72.4 Å². The van der Waals surface area contributed by atoms with E-state index in [-0.39, 0.29) is 29.8 Å². The molecule has 0 radical (unpaired) electrons. The summed E-state index contributed by atoms with van der Waals surface area (Å²) in [5.74, 6) is 0.343. The number of aromatic nitrogens is 1. The van der Waals surface area contributed by atoms with Crippen molar-refractivity contribution in [1.29, 1.82) is 0 Å². The molecule has 9 nitrogen and oxygen atoms in total. The lowest BCUT2D eigenvalue weighted by Gasteiger charge is -2.51. The predicted molar refractivity (Wildman–Crippen MR) is 174 cm³/mol. The van der Waals surface area contributed by atoms with E-state index in [2.05, 4.69) is 24.5 Å². The van der Waals surface area contributed by atoms with E-state index in [1.54, 1.807) is 20.0 Å². The number of nitrogens with zero attached hydrogens (tertiary/aromatic N) is 2. The predicted octanol–water partition coefficient (Wildman–Crippen LogP) is 6.57. The maximum absolute atomic E-state index is 13.1. The van der Waals surface area contributed by atoms with Gasteiger partial charge in [-0.2, -0.15) is 0 Å². The standard InChI is InChI=1S/C36H44N4O5/c1-23(2)40(24(3)41)30-16-10-25(11-17-30)18-32(42)38-29-19-31(26-8-6-5-7-9-26)33(37-20-29)27-12-14-28(15-13-27)36(39-34(43)44)21-35(4,45)22-36/h5-9,12-15,19-20,23,25,30,39,45H,10-11,16-18,21-22H2,1-4H3,(H,38,42)(H,43,44)/t25-,30-,35-,36-. The third kappa shape index (κ3) is 7.36. The molecule has 0 aliphatic heterocycles. The number of aliphatic hydroxyl groups is 1. The number of benzene rings is 2. The van der Waals surface area contributed by atoms with Gasteiger partial charge < -0.3 is 25.7 Å². The zero-order valence-electron chi connectivity index (χ0n) is 26.5. The molecule has 0 bridgehead atoms. The SMILES string of the molecule is CC(=O)N(C(C)C)[C@H]1CC[C@H](CC(=O)Nc2cnc(-c3ccc([C@]4(NC(=O)O)C[C@](C)(O)C4)cc3)c(-c3ccccc3)c2)CC1. The van der Waals surface area contributed by atoms with Gasteiger partial charge in [0.2, 0.25) is 11.8 Å². The van der Waals surface area contributed by atoms with Gasteiger partial charge in [-0.25, -0.2) is 4.79 Å². The van der Waals surface area contributed by atoms with E-state index in [1.165, 1.54) is 0 Å². The highest BCUT2D eigenvalue weighted by Gasteiger charge is 2.53. The van der Waals surface area contributed by atoms with E-state index < -0.39 is 17.2 Å². The summed E-state index contributed by atoms with van der Waals surface area (Å²) in [5.41, 5.74) is 3.07. The topological polar surface area (TPSA) is 132 Å². The van der Waals surface area contributed by atoms with Crippen LogP contribution < -0.4 is 10.6 Å². The fourth-order valence-electron chi connectivity index (χ4n) is 7.51. The molecule has 1 heterocycles. The molecule has 4 N–H and O–H groups in total. The molecule has 3 aromatic rings. The van der Waals surface area contributed by atoms with Crippen LogP contribution in [0.5, 0.6) is 0 Å². The van der Waals surface area contributed by atoms with Crippen molar-refractivity contribution in [2.24, 2.45) is 5.92 Å². The second kappa shape index (κ2) is 13.0. The molecule has 2 aromatic carbocycles. The third-order valence-electron chi connectivity index (χ3n) is 9.28. The average Bonchev–Trinajstić information content (AvgIpc) is 2.97. The van der Waals surface area contributed by atoms with Crippen molar-refractivity contribution < 1.29 is 24.6 Å². The van der Waals surface area contributed by atoms with Crippen LogP contribution in [0.4, 0.5) is 10.5 Å². The van der Waals surface area contributed by atoms with Gasteiger partial charge in [0.25, 0.3) is 0 Å². The van der Waals surface area contributed by atoms with Gasteiger partial charge in [0, 0.05) is 49.4 Å². The molecule has 0 spiro atoms. The van der Waals surface area contributed by atoms with Crippen LogP contribution in [-0.2, 0) is 15.1 Å². The maximum atomic E-state index is 13.1. The minimum absolute atomic E-state index is 0.0451. The highest BCUT2D eigenvalue weighted by molar-refractivity contribution is 5.93. The van der Waals surface area contributed by atoms with Gasteiger partial charge in [0.15, 0.2) is 0 Å². The van der Waals surface area contributed by atoms with Gasteiger partial charge in [0.1, 0.15) is 0 Å². The first-order chi connectivity index (χ1) is 21.4. The molecule has 9 heteroatoms. The first kappa shape index (κ1) is 32.2. The lowest BCUT2D eigenvalue weighted by molar-refractivity contribution is -0.134. The van der Waals surface area contributed by atoms with Crippen LogP contribution in [-0.4, -0.2) is 55.7 Å². The number of anilines is 1. The van der Waals surface area contributed by atoms with E-state index in [0.717, 1.165) is 53.6 Å². The lowest BCUT2D eigenvalue weighted by Crippen LogP contribution is -2.61. The van der Waals surface area contributed by atoms with Gasteiger partial charge in [-0.15, -0.1) is 0 Å². The van der Waals surface area contributed by atoms with Crippen molar-refractivity contribution in [1.82, 2.24) is 15.2 Å². The number of carbonyl (C=O) groups excluding carboxylic acids is 2. The number of carbonyl (C=O) groups is 3. The Hall–Kier alpha value is -4.24. The van der Waals surface area contributed by atoms with Gasteiger partial charge in [-0.05, 0) is 69.6 Å². The summed E-state index contributed by atoms with van der Waals surface area (Å²) >= 11 is 0. The van der Waals surface area contributed by atoms with Crippen LogP contribution in [0.1, 0.15) is 78.2 Å². The van der Waals surface area contributed by atoms with Crippen molar-refractivity contribution >= 4 is 23.6 Å². The molecule has 2 fully saturated rings. The summed E-state index contributed by atoms with van der Waals surface area (Å²) in [6, 6.07) is 19.8. The van der Waals surface area contributed by atoms with Crippen molar-refractivity contribution in [3.8, 4) is 22.4 Å². The number of nitrogens with one attached hydrogen (secondary N) is 2. The molecule has 45 heavy (non-hydrogen) atoms. The molecule has 2 aliphatic carbocycles. The molecule has 3 amide bonds. The fourth-order valence-corrected chi connectivity index (χ4v) is 7.51. The highest BCUT2D eigenvalue weighted by Crippen LogP contribution is 2.48. The van der Waals surface area contributed by atoms with Crippen LogP contribution in [0.2, 0.25) is 0 Å². The quantitative estimate of drug-likeness (QED) is 0.216. The molecule has 0 unspecified atom stereocenters. The van der Waals surface area contributed by atoms with Crippen molar-refractivity contribution in [2.75, 3.05) is 5.32 Å². The lowest BCUT2D eigenvalue weighted by atomic mass is 9.62. The molecule has 0 saturated heterocycles. The number of carboxylic acid groups (broad SMARTS) is 1. The Labute approximate surface area is 265 Å². The normalized spacial score (nSPS) is 24.4. The van der Waals surface area contributed by atoms with E-state index in [0.29, 0.717) is 24.9 Å². The molecule has 1 aromatic heterocycles. The average molecular weight is 613 g/mol.